The van der Waals surface area contributed by atoms with Crippen molar-refractivity contribution in [3.05, 3.63) is 28.3 Å². The molecule has 0 saturated carbocycles. The Morgan fingerprint density at radius 1 is 1.38 bits per heavy atom. The van der Waals surface area contributed by atoms with E-state index in [1.807, 2.05) is 32.6 Å². The number of nitro groups is 1. The molecule has 0 radical (unpaired) electrons. The summed E-state index contributed by atoms with van der Waals surface area (Å²) in [6.45, 7) is 8.75. The van der Waals surface area contributed by atoms with Crippen molar-refractivity contribution < 1.29 is 14.5 Å². The number of benzene rings is 1. The lowest BCUT2D eigenvalue weighted by molar-refractivity contribution is -0.383. The predicted molar refractivity (Wildman–Crippen MR) is 92.1 cm³/mol. The van der Waals surface area contributed by atoms with Gasteiger partial charge in [0.25, 0.3) is 0 Å². The standard InChI is InChI=1S/C16H24N4O4/c1-11-10-18(8-9-19(11)15(21)24-16(2,3)4)13-7-5-6-12(17)14(13)20(22)23/h5-7,11H,8-10,17H2,1-4H3. The van der Waals surface area contributed by atoms with Gasteiger partial charge in [-0.15, -0.1) is 0 Å². The molecule has 1 unspecified atom stereocenters. The summed E-state index contributed by atoms with van der Waals surface area (Å²) in [5.41, 5.74) is 5.73. The van der Waals surface area contributed by atoms with Crippen LogP contribution in [0.25, 0.3) is 0 Å². The van der Waals surface area contributed by atoms with E-state index >= 15 is 0 Å². The molecule has 8 nitrogen and oxygen atoms in total. The predicted octanol–water partition coefficient (Wildman–Crippen LogP) is 2.62. The maximum atomic E-state index is 12.3. The summed E-state index contributed by atoms with van der Waals surface area (Å²) in [6, 6.07) is 4.77. The zero-order chi connectivity index (χ0) is 18.1. The Morgan fingerprint density at radius 3 is 2.58 bits per heavy atom. The van der Waals surface area contributed by atoms with Crippen LogP contribution in [0, 0.1) is 10.1 Å². The summed E-state index contributed by atoms with van der Waals surface area (Å²) < 4.78 is 5.41. The van der Waals surface area contributed by atoms with E-state index in [0.29, 0.717) is 25.3 Å². The number of carbonyl (C=O) groups excluding carboxylic acids is 1. The lowest BCUT2D eigenvalue weighted by Crippen LogP contribution is -2.55. The molecule has 24 heavy (non-hydrogen) atoms. The van der Waals surface area contributed by atoms with Crippen molar-refractivity contribution >= 4 is 23.2 Å². The van der Waals surface area contributed by atoms with E-state index < -0.39 is 10.5 Å². The zero-order valence-electron chi connectivity index (χ0n) is 14.5. The van der Waals surface area contributed by atoms with Crippen molar-refractivity contribution in [3.63, 3.8) is 0 Å². The number of piperazine rings is 1. The number of nitrogens with zero attached hydrogens (tertiary/aromatic N) is 3. The molecule has 2 N–H and O–H groups in total. The monoisotopic (exact) mass is 336 g/mol. The molecular weight excluding hydrogens is 312 g/mol. The molecule has 0 aliphatic carbocycles. The van der Waals surface area contributed by atoms with E-state index in [1.165, 1.54) is 6.07 Å². The molecular formula is C16H24N4O4. The molecule has 1 aliphatic rings. The quantitative estimate of drug-likeness (QED) is 0.506. The highest BCUT2D eigenvalue weighted by atomic mass is 16.6. The van der Waals surface area contributed by atoms with Crippen LogP contribution in [-0.2, 0) is 4.74 Å². The smallest absolute Gasteiger partial charge is 0.410 e. The van der Waals surface area contributed by atoms with Crippen LogP contribution in [0.1, 0.15) is 27.7 Å². The molecule has 1 aromatic rings. The van der Waals surface area contributed by atoms with Crippen LogP contribution in [0.2, 0.25) is 0 Å². The van der Waals surface area contributed by atoms with Gasteiger partial charge in [0.05, 0.1) is 4.92 Å². The Morgan fingerprint density at radius 2 is 2.04 bits per heavy atom. The number of amides is 1. The molecule has 1 saturated heterocycles. The average Bonchev–Trinajstić information content (AvgIpc) is 2.44. The van der Waals surface area contributed by atoms with Crippen molar-refractivity contribution in [2.45, 2.75) is 39.3 Å². The highest BCUT2D eigenvalue weighted by Gasteiger charge is 2.33. The maximum Gasteiger partial charge on any atom is 0.410 e. The minimum Gasteiger partial charge on any atom is -0.444 e. The number of nitro benzene ring substituents is 1. The number of nitrogens with two attached hydrogens (primary N) is 1. The van der Waals surface area contributed by atoms with E-state index in [4.69, 9.17) is 10.5 Å². The van der Waals surface area contributed by atoms with Crippen molar-refractivity contribution in [1.82, 2.24) is 4.90 Å². The molecule has 132 valence electrons. The largest absolute Gasteiger partial charge is 0.444 e. The lowest BCUT2D eigenvalue weighted by Gasteiger charge is -2.41. The van der Waals surface area contributed by atoms with Crippen LogP contribution in [0.15, 0.2) is 18.2 Å². The van der Waals surface area contributed by atoms with E-state index in [1.54, 1.807) is 17.0 Å². The first-order valence-electron chi connectivity index (χ1n) is 7.87. The van der Waals surface area contributed by atoms with Gasteiger partial charge < -0.3 is 20.3 Å². The molecule has 0 spiro atoms. The average molecular weight is 336 g/mol. The van der Waals surface area contributed by atoms with Gasteiger partial charge in [-0.1, -0.05) is 6.07 Å². The number of para-hydroxylation sites is 1. The summed E-state index contributed by atoms with van der Waals surface area (Å²) in [7, 11) is 0. The lowest BCUT2D eigenvalue weighted by atomic mass is 10.1. The maximum absolute atomic E-state index is 12.3. The molecule has 0 aromatic heterocycles. The van der Waals surface area contributed by atoms with Gasteiger partial charge in [-0.25, -0.2) is 4.79 Å². The Balaban J connectivity index is 2.16. The van der Waals surface area contributed by atoms with Gasteiger partial charge >= 0.3 is 11.8 Å². The Hall–Kier alpha value is -2.51. The fraction of sp³-hybridized carbons (Fsp3) is 0.562. The fourth-order valence-electron chi connectivity index (χ4n) is 2.77. The van der Waals surface area contributed by atoms with E-state index in [-0.39, 0.29) is 23.5 Å². The molecule has 1 atom stereocenters. The number of hydrogen-bond donors (Lipinski definition) is 1. The Kier molecular flexibility index (Phi) is 4.86. The summed E-state index contributed by atoms with van der Waals surface area (Å²) in [5.74, 6) is 0. The number of carbonyl (C=O) groups is 1. The highest BCUT2D eigenvalue weighted by Crippen LogP contribution is 2.34. The molecule has 8 heteroatoms. The van der Waals surface area contributed by atoms with Gasteiger partial charge in [0, 0.05) is 25.7 Å². The van der Waals surface area contributed by atoms with Crippen LogP contribution >= 0.6 is 0 Å². The van der Waals surface area contributed by atoms with Gasteiger partial charge in [0.1, 0.15) is 17.0 Å². The van der Waals surface area contributed by atoms with Gasteiger partial charge in [-0.2, -0.15) is 0 Å². The molecule has 1 aromatic carbocycles. The van der Waals surface area contributed by atoms with Gasteiger partial charge in [-0.05, 0) is 39.8 Å². The second-order valence-corrected chi connectivity index (χ2v) is 6.94. The summed E-state index contributed by atoms with van der Waals surface area (Å²) in [4.78, 5) is 26.6. The van der Waals surface area contributed by atoms with E-state index in [9.17, 15) is 14.9 Å². The van der Waals surface area contributed by atoms with E-state index in [2.05, 4.69) is 0 Å². The third kappa shape index (κ3) is 3.87. The number of hydrogen-bond acceptors (Lipinski definition) is 6. The Labute approximate surface area is 141 Å². The third-order valence-corrected chi connectivity index (χ3v) is 3.82. The Bertz CT molecular complexity index is 641. The van der Waals surface area contributed by atoms with Crippen LogP contribution in [0.4, 0.5) is 21.9 Å². The fourth-order valence-corrected chi connectivity index (χ4v) is 2.77. The molecule has 1 amide bonds. The normalized spacial score (nSPS) is 18.4. The number of ether oxygens (including phenoxy) is 1. The molecule has 1 heterocycles. The molecule has 1 aliphatic heterocycles. The molecule has 1 fully saturated rings. The summed E-state index contributed by atoms with van der Waals surface area (Å²) in [5, 5.41) is 11.3. The third-order valence-electron chi connectivity index (χ3n) is 3.82. The molecule has 2 rings (SSSR count). The minimum absolute atomic E-state index is 0.0876. The topological polar surface area (TPSA) is 102 Å². The van der Waals surface area contributed by atoms with Gasteiger partial charge in [0.2, 0.25) is 0 Å². The number of anilines is 2. The summed E-state index contributed by atoms with van der Waals surface area (Å²) >= 11 is 0. The van der Waals surface area contributed by atoms with Gasteiger partial charge in [0.15, 0.2) is 0 Å². The highest BCUT2D eigenvalue weighted by molar-refractivity contribution is 5.76. The van der Waals surface area contributed by atoms with Crippen LogP contribution in [0.3, 0.4) is 0 Å². The summed E-state index contributed by atoms with van der Waals surface area (Å²) in [6.07, 6.45) is -0.364. The SMILES string of the molecule is CC1CN(c2cccc(N)c2[N+](=O)[O-])CCN1C(=O)OC(C)(C)C. The second-order valence-electron chi connectivity index (χ2n) is 6.94. The van der Waals surface area contributed by atoms with Crippen molar-refractivity contribution in [2.75, 3.05) is 30.3 Å². The zero-order valence-corrected chi connectivity index (χ0v) is 14.5. The first kappa shape index (κ1) is 17.8. The van der Waals surface area contributed by atoms with Crippen molar-refractivity contribution in [3.8, 4) is 0 Å². The van der Waals surface area contributed by atoms with Crippen molar-refractivity contribution in [1.29, 1.82) is 0 Å². The second kappa shape index (κ2) is 6.54. The first-order chi connectivity index (χ1) is 11.1. The minimum atomic E-state index is -0.555. The number of rotatable bonds is 2. The van der Waals surface area contributed by atoms with Crippen molar-refractivity contribution in [2.24, 2.45) is 0 Å². The number of nitrogen functional groups attached to an aromatic ring is 1. The molecule has 0 bridgehead atoms. The van der Waals surface area contributed by atoms with Crippen LogP contribution < -0.4 is 10.6 Å². The van der Waals surface area contributed by atoms with Gasteiger partial charge in [-0.3, -0.25) is 10.1 Å². The van der Waals surface area contributed by atoms with Crippen LogP contribution in [0.5, 0.6) is 0 Å². The first-order valence-corrected chi connectivity index (χ1v) is 7.87. The van der Waals surface area contributed by atoms with Crippen LogP contribution in [-0.4, -0.2) is 47.2 Å². The van der Waals surface area contributed by atoms with E-state index in [0.717, 1.165) is 0 Å².